The minimum Gasteiger partial charge on any atom is -0.462 e. The van der Waals surface area contributed by atoms with Gasteiger partial charge in [0.25, 0.3) is 11.4 Å². The molecule has 0 spiro atoms. The molecule has 0 N–H and O–H groups in total. The highest BCUT2D eigenvalue weighted by molar-refractivity contribution is 6.51. The summed E-state index contributed by atoms with van der Waals surface area (Å²) in [4.78, 5) is 44.3. The molecule has 10 nitrogen and oxygen atoms in total. The number of esters is 2. The molecule has 2 unspecified atom stereocenters. The van der Waals surface area contributed by atoms with Gasteiger partial charge in [0.2, 0.25) is 0 Å². The van der Waals surface area contributed by atoms with Crippen LogP contribution >= 0.6 is 23.2 Å². The van der Waals surface area contributed by atoms with Crippen molar-refractivity contribution in [3.05, 3.63) is 79.9 Å². The molecule has 0 heterocycles. The van der Waals surface area contributed by atoms with Crippen molar-refractivity contribution >= 4 is 46.5 Å². The first kappa shape index (κ1) is 22.4. The molecule has 0 aromatic heterocycles. The summed E-state index contributed by atoms with van der Waals surface area (Å²) in [5.74, 6) is -2.37. The molecule has 2 atom stereocenters. The van der Waals surface area contributed by atoms with Gasteiger partial charge in [-0.05, 0) is 24.3 Å². The van der Waals surface area contributed by atoms with Gasteiger partial charge in [0.15, 0.2) is 0 Å². The lowest BCUT2D eigenvalue weighted by atomic mass is 10.2. The molecular weight excluding hydrogens is 455 g/mol. The quantitative estimate of drug-likeness (QED) is 0.245. The third-order valence-corrected chi connectivity index (χ3v) is 5.90. The number of non-ortho nitro benzene ring substituents is 2. The van der Waals surface area contributed by atoms with Crippen molar-refractivity contribution in [1.29, 1.82) is 0 Å². The van der Waals surface area contributed by atoms with E-state index in [0.717, 1.165) is 0 Å². The summed E-state index contributed by atoms with van der Waals surface area (Å²) < 4.78 is 9.07. The fourth-order valence-corrected chi connectivity index (χ4v) is 3.59. The van der Waals surface area contributed by atoms with E-state index < -0.39 is 38.0 Å². The molecule has 0 aliphatic heterocycles. The number of carbonyl (C=O) groups is 2. The first-order valence-corrected chi connectivity index (χ1v) is 9.58. The third-order valence-electron chi connectivity index (χ3n) is 4.78. The van der Waals surface area contributed by atoms with Crippen molar-refractivity contribution < 1.29 is 28.9 Å². The lowest BCUT2D eigenvalue weighted by Crippen LogP contribution is -2.11. The molecule has 1 aliphatic rings. The Balaban J connectivity index is 1.50. The number of hydrogen-bond donors (Lipinski definition) is 0. The lowest BCUT2D eigenvalue weighted by Gasteiger charge is -2.05. The summed E-state index contributed by atoms with van der Waals surface area (Å²) >= 11 is 12.4. The Labute approximate surface area is 184 Å². The van der Waals surface area contributed by atoms with Crippen LogP contribution in [0.5, 0.6) is 0 Å². The van der Waals surface area contributed by atoms with Gasteiger partial charge in [-0.25, -0.2) is 9.59 Å². The number of nitrogens with zero attached hydrogens (tertiary/aromatic N) is 2. The summed E-state index contributed by atoms with van der Waals surface area (Å²) in [6.07, 6.45) is 0. The molecule has 162 valence electrons. The number of alkyl halides is 2. The van der Waals surface area contributed by atoms with E-state index in [9.17, 15) is 29.8 Å². The van der Waals surface area contributed by atoms with Gasteiger partial charge < -0.3 is 9.47 Å². The largest absolute Gasteiger partial charge is 0.462 e. The second-order valence-corrected chi connectivity index (χ2v) is 8.14. The lowest BCUT2D eigenvalue weighted by molar-refractivity contribution is -0.385. The van der Waals surface area contributed by atoms with Crippen LogP contribution in [0.25, 0.3) is 0 Å². The van der Waals surface area contributed by atoms with E-state index >= 15 is 0 Å². The van der Waals surface area contributed by atoms with Crippen molar-refractivity contribution in [3.63, 3.8) is 0 Å². The van der Waals surface area contributed by atoms with Gasteiger partial charge in [0, 0.05) is 36.1 Å². The van der Waals surface area contributed by atoms with Crippen LogP contribution in [0.3, 0.4) is 0 Å². The molecule has 2 aromatic carbocycles. The molecule has 0 radical (unpaired) electrons. The number of halogens is 2. The predicted octanol–water partition coefficient (Wildman–Crippen LogP) is 3.94. The molecule has 1 aliphatic carbocycles. The van der Waals surface area contributed by atoms with Crippen LogP contribution in [0.1, 0.15) is 20.7 Å². The van der Waals surface area contributed by atoms with Crippen molar-refractivity contribution in [2.45, 2.75) is 4.33 Å². The molecule has 2 aromatic rings. The van der Waals surface area contributed by atoms with Crippen LogP contribution in [0, 0.1) is 32.1 Å². The second kappa shape index (κ2) is 8.86. The van der Waals surface area contributed by atoms with Crippen LogP contribution in [0.2, 0.25) is 0 Å². The number of carbonyl (C=O) groups excluding carboxylic acids is 2. The van der Waals surface area contributed by atoms with Crippen LogP contribution in [0.15, 0.2) is 48.5 Å². The summed E-state index contributed by atoms with van der Waals surface area (Å²) in [5, 5.41) is 21.3. The van der Waals surface area contributed by atoms with Crippen LogP contribution in [-0.2, 0) is 9.47 Å². The maximum atomic E-state index is 12.1. The van der Waals surface area contributed by atoms with Gasteiger partial charge in [-0.15, -0.1) is 23.2 Å². The van der Waals surface area contributed by atoms with Gasteiger partial charge in [-0.3, -0.25) is 20.2 Å². The second-order valence-electron chi connectivity index (χ2n) is 6.69. The van der Waals surface area contributed by atoms with Crippen LogP contribution in [0.4, 0.5) is 11.4 Å². The predicted molar refractivity (Wildman–Crippen MR) is 108 cm³/mol. The topological polar surface area (TPSA) is 139 Å². The Bertz CT molecular complexity index is 943. The van der Waals surface area contributed by atoms with Crippen molar-refractivity contribution in [2.24, 2.45) is 11.8 Å². The van der Waals surface area contributed by atoms with Crippen molar-refractivity contribution in [3.8, 4) is 0 Å². The van der Waals surface area contributed by atoms with Gasteiger partial charge in [-0.1, -0.05) is 0 Å². The summed E-state index contributed by atoms with van der Waals surface area (Å²) in [6, 6.07) is 9.81. The van der Waals surface area contributed by atoms with E-state index in [4.69, 9.17) is 32.7 Å². The Morgan fingerprint density at radius 1 is 0.774 bits per heavy atom. The van der Waals surface area contributed by atoms with Gasteiger partial charge in [0.1, 0.15) is 4.33 Å². The van der Waals surface area contributed by atoms with Crippen molar-refractivity contribution in [1.82, 2.24) is 0 Å². The fraction of sp³-hybridized carbons (Fsp3) is 0.263. The smallest absolute Gasteiger partial charge is 0.338 e. The summed E-state index contributed by atoms with van der Waals surface area (Å²) in [5.41, 5.74) is -0.0624. The van der Waals surface area contributed by atoms with Crippen LogP contribution in [-0.4, -0.2) is 39.3 Å². The van der Waals surface area contributed by atoms with E-state index in [-0.39, 0.29) is 35.7 Å². The Morgan fingerprint density at radius 2 is 1.10 bits per heavy atom. The zero-order valence-electron chi connectivity index (χ0n) is 15.6. The average Bonchev–Trinajstić information content (AvgIpc) is 3.28. The summed E-state index contributed by atoms with van der Waals surface area (Å²) in [7, 11) is 0. The highest BCUT2D eigenvalue weighted by Gasteiger charge is 2.64. The van der Waals surface area contributed by atoms with Crippen LogP contribution < -0.4 is 0 Å². The zero-order chi connectivity index (χ0) is 22.8. The molecule has 12 heteroatoms. The van der Waals surface area contributed by atoms with Gasteiger partial charge >= 0.3 is 11.9 Å². The monoisotopic (exact) mass is 468 g/mol. The molecule has 1 saturated carbocycles. The van der Waals surface area contributed by atoms with E-state index in [2.05, 4.69) is 0 Å². The molecule has 31 heavy (non-hydrogen) atoms. The van der Waals surface area contributed by atoms with E-state index in [1.165, 1.54) is 48.5 Å². The molecule has 1 fully saturated rings. The molecule has 0 saturated heterocycles. The van der Waals surface area contributed by atoms with E-state index in [1.54, 1.807) is 0 Å². The zero-order valence-corrected chi connectivity index (χ0v) is 17.1. The minimum absolute atomic E-state index is 0.127. The first-order valence-electron chi connectivity index (χ1n) is 8.82. The maximum absolute atomic E-state index is 12.1. The highest BCUT2D eigenvalue weighted by atomic mass is 35.5. The number of hydrogen-bond acceptors (Lipinski definition) is 8. The normalized spacial score (nSPS) is 18.6. The third kappa shape index (κ3) is 5.09. The number of benzene rings is 2. The summed E-state index contributed by atoms with van der Waals surface area (Å²) in [6.45, 7) is -0.273. The fourth-order valence-electron chi connectivity index (χ4n) is 2.85. The number of nitro groups is 2. The molecule has 0 amide bonds. The Kier molecular flexibility index (Phi) is 6.42. The highest BCUT2D eigenvalue weighted by Crippen LogP contribution is 2.59. The number of ether oxygens (including phenoxy) is 2. The van der Waals surface area contributed by atoms with Gasteiger partial charge in [0.05, 0.1) is 34.2 Å². The van der Waals surface area contributed by atoms with E-state index in [1.807, 2.05) is 0 Å². The number of rotatable bonds is 8. The van der Waals surface area contributed by atoms with E-state index in [0.29, 0.717) is 0 Å². The average molecular weight is 469 g/mol. The first-order chi connectivity index (χ1) is 14.6. The molecule has 0 bridgehead atoms. The maximum Gasteiger partial charge on any atom is 0.338 e. The van der Waals surface area contributed by atoms with Crippen molar-refractivity contribution in [2.75, 3.05) is 13.2 Å². The molecular formula is C19H14Cl2N2O8. The number of nitro benzene ring substituents is 2. The SMILES string of the molecule is O=C(OCC1C(COC(=O)c2ccc([N+](=O)[O-])cc2)C1(Cl)Cl)c1ccc([N+](=O)[O-])cc1. The molecule has 3 rings (SSSR count). The van der Waals surface area contributed by atoms with Gasteiger partial charge in [-0.2, -0.15) is 0 Å². The minimum atomic E-state index is -1.26. The standard InChI is InChI=1S/C19H14Cl2N2O8/c20-19(21)15(9-30-17(24)11-1-5-13(6-2-11)22(26)27)16(19)10-31-18(25)12-3-7-14(8-4-12)23(28)29/h1-8,15-16H,9-10H2. The Morgan fingerprint density at radius 3 is 1.39 bits per heavy atom. The Hall–Kier alpha value is -3.24.